The first-order chi connectivity index (χ1) is 9.72. The highest BCUT2D eigenvalue weighted by Crippen LogP contribution is 2.19. The molecule has 0 aromatic carbocycles. The molecule has 0 saturated heterocycles. The van der Waals surface area contributed by atoms with Gasteiger partial charge in [0.1, 0.15) is 4.88 Å². The molecule has 104 valence electrons. The van der Waals surface area contributed by atoms with Crippen LogP contribution in [-0.4, -0.2) is 17.6 Å². The number of aliphatic hydroxyl groups excluding tert-OH is 1. The van der Waals surface area contributed by atoms with Crippen LogP contribution in [0.15, 0.2) is 28.3 Å². The van der Waals surface area contributed by atoms with Crippen molar-refractivity contribution in [2.75, 3.05) is 6.61 Å². The number of aliphatic hydroxyl groups is 1. The van der Waals surface area contributed by atoms with Crippen molar-refractivity contribution in [3.05, 3.63) is 44.3 Å². The maximum Gasteiger partial charge on any atom is 0.263 e. The van der Waals surface area contributed by atoms with Gasteiger partial charge >= 0.3 is 0 Å². The highest BCUT2D eigenvalue weighted by atomic mass is 32.1. The van der Waals surface area contributed by atoms with E-state index in [1.807, 2.05) is 35.2 Å². The van der Waals surface area contributed by atoms with Gasteiger partial charge in [0.2, 0.25) is 0 Å². The molecule has 0 aliphatic carbocycles. The smallest absolute Gasteiger partial charge is 0.263 e. The van der Waals surface area contributed by atoms with Gasteiger partial charge in [0.05, 0.1) is 12.6 Å². The summed E-state index contributed by atoms with van der Waals surface area (Å²) in [6, 6.07) is 3.82. The van der Waals surface area contributed by atoms with Gasteiger partial charge < -0.3 is 10.4 Å². The molecule has 3 nitrogen and oxygen atoms in total. The van der Waals surface area contributed by atoms with Gasteiger partial charge in [-0.05, 0) is 40.8 Å². The Bertz CT molecular complexity index is 620. The Morgan fingerprint density at radius 1 is 1.45 bits per heavy atom. The fourth-order valence-electron chi connectivity index (χ4n) is 1.66. The largest absolute Gasteiger partial charge is 0.395 e. The first kappa shape index (κ1) is 14.8. The van der Waals surface area contributed by atoms with Crippen LogP contribution >= 0.6 is 22.7 Å². The van der Waals surface area contributed by atoms with E-state index >= 15 is 0 Å². The van der Waals surface area contributed by atoms with Crippen LogP contribution in [0.1, 0.15) is 40.2 Å². The molecule has 0 spiro atoms. The van der Waals surface area contributed by atoms with Gasteiger partial charge in [0.15, 0.2) is 0 Å². The van der Waals surface area contributed by atoms with Crippen molar-refractivity contribution in [2.45, 2.75) is 19.4 Å². The van der Waals surface area contributed by atoms with Crippen LogP contribution in [0.5, 0.6) is 0 Å². The molecule has 0 bridgehead atoms. The Balaban J connectivity index is 2.07. The van der Waals surface area contributed by atoms with Crippen molar-refractivity contribution in [2.24, 2.45) is 0 Å². The van der Waals surface area contributed by atoms with Crippen LogP contribution in [0.2, 0.25) is 0 Å². The predicted molar refractivity (Wildman–Crippen MR) is 83.1 cm³/mol. The van der Waals surface area contributed by atoms with Gasteiger partial charge in [-0.1, -0.05) is 11.8 Å². The SMILES string of the molecule is CC(NC(=O)c1sccc1C#CCCO)c1ccsc1. The Labute approximate surface area is 126 Å². The van der Waals surface area contributed by atoms with E-state index in [1.54, 1.807) is 11.3 Å². The van der Waals surface area contributed by atoms with Crippen molar-refractivity contribution >= 4 is 28.6 Å². The van der Waals surface area contributed by atoms with Crippen molar-refractivity contribution in [1.82, 2.24) is 5.32 Å². The number of amides is 1. The maximum atomic E-state index is 12.3. The number of thiophene rings is 2. The molecule has 1 unspecified atom stereocenters. The van der Waals surface area contributed by atoms with E-state index in [0.717, 1.165) is 11.1 Å². The van der Waals surface area contributed by atoms with Crippen molar-refractivity contribution in [3.8, 4) is 11.8 Å². The minimum absolute atomic E-state index is 0.0194. The predicted octanol–water partition coefficient (Wildman–Crippen LogP) is 3.03. The van der Waals surface area contributed by atoms with Crippen LogP contribution in [0.4, 0.5) is 0 Å². The zero-order valence-corrected chi connectivity index (χ0v) is 12.7. The van der Waals surface area contributed by atoms with Crippen LogP contribution in [0, 0.1) is 11.8 Å². The van der Waals surface area contributed by atoms with Crippen LogP contribution in [-0.2, 0) is 0 Å². The molecule has 0 radical (unpaired) electrons. The normalized spacial score (nSPS) is 11.5. The molecule has 0 fully saturated rings. The van der Waals surface area contributed by atoms with E-state index in [0.29, 0.717) is 11.3 Å². The van der Waals surface area contributed by atoms with E-state index < -0.39 is 0 Å². The van der Waals surface area contributed by atoms with Crippen molar-refractivity contribution in [3.63, 3.8) is 0 Å². The average Bonchev–Trinajstić information content (AvgIpc) is 3.10. The molecule has 2 N–H and O–H groups in total. The second kappa shape index (κ2) is 7.25. The number of hydrogen-bond acceptors (Lipinski definition) is 4. The van der Waals surface area contributed by atoms with Crippen LogP contribution in [0.25, 0.3) is 0 Å². The Kier molecular flexibility index (Phi) is 5.36. The van der Waals surface area contributed by atoms with Gasteiger partial charge in [-0.3, -0.25) is 4.79 Å². The van der Waals surface area contributed by atoms with Gasteiger partial charge in [0.25, 0.3) is 5.91 Å². The highest BCUT2D eigenvalue weighted by molar-refractivity contribution is 7.12. The average molecular weight is 305 g/mol. The van der Waals surface area contributed by atoms with Gasteiger partial charge in [-0.15, -0.1) is 11.3 Å². The summed E-state index contributed by atoms with van der Waals surface area (Å²) < 4.78 is 0. The summed E-state index contributed by atoms with van der Waals surface area (Å²) in [6.07, 6.45) is 0.419. The zero-order chi connectivity index (χ0) is 14.4. The summed E-state index contributed by atoms with van der Waals surface area (Å²) in [5.41, 5.74) is 1.83. The minimum atomic E-state index is -0.105. The topological polar surface area (TPSA) is 49.3 Å². The zero-order valence-electron chi connectivity index (χ0n) is 11.1. The van der Waals surface area contributed by atoms with Gasteiger partial charge in [-0.25, -0.2) is 0 Å². The first-order valence-electron chi connectivity index (χ1n) is 6.22. The lowest BCUT2D eigenvalue weighted by Crippen LogP contribution is -2.26. The summed E-state index contributed by atoms with van der Waals surface area (Å²) in [5.74, 6) is 5.66. The molecule has 5 heteroatoms. The Morgan fingerprint density at radius 3 is 3.00 bits per heavy atom. The van der Waals surface area contributed by atoms with Crippen molar-refractivity contribution < 1.29 is 9.90 Å². The monoisotopic (exact) mass is 305 g/mol. The molecule has 2 aromatic rings. The molecule has 0 aliphatic heterocycles. The lowest BCUT2D eigenvalue weighted by atomic mass is 10.1. The fraction of sp³-hybridized carbons (Fsp3) is 0.267. The summed E-state index contributed by atoms with van der Waals surface area (Å²) in [7, 11) is 0. The lowest BCUT2D eigenvalue weighted by Gasteiger charge is -2.11. The maximum absolute atomic E-state index is 12.3. The van der Waals surface area contributed by atoms with Gasteiger partial charge in [0, 0.05) is 12.0 Å². The fourth-order valence-corrected chi connectivity index (χ4v) is 3.17. The summed E-state index contributed by atoms with van der Waals surface area (Å²) in [4.78, 5) is 12.9. The van der Waals surface area contributed by atoms with E-state index in [9.17, 15) is 4.79 Å². The van der Waals surface area contributed by atoms with Crippen LogP contribution < -0.4 is 5.32 Å². The number of carbonyl (C=O) groups excluding carboxylic acids is 1. The van der Waals surface area contributed by atoms with Crippen molar-refractivity contribution in [1.29, 1.82) is 0 Å². The third kappa shape index (κ3) is 3.70. The second-order valence-corrected chi connectivity index (χ2v) is 5.89. The summed E-state index contributed by atoms with van der Waals surface area (Å²) >= 11 is 2.99. The molecule has 20 heavy (non-hydrogen) atoms. The lowest BCUT2D eigenvalue weighted by molar-refractivity contribution is 0.0944. The standard InChI is InChI=1S/C15H15NO2S2/c1-11(13-5-8-19-10-13)16-15(18)14-12(6-9-20-14)4-2-3-7-17/h5-6,8-11,17H,3,7H2,1H3,(H,16,18). The molecule has 0 saturated carbocycles. The molecular formula is C15H15NO2S2. The van der Waals surface area contributed by atoms with E-state index in [4.69, 9.17) is 5.11 Å². The summed E-state index contributed by atoms with van der Waals surface area (Å²) in [5, 5.41) is 17.6. The van der Waals surface area contributed by atoms with Gasteiger partial charge in [-0.2, -0.15) is 11.3 Å². The molecule has 2 aromatic heterocycles. The summed E-state index contributed by atoms with van der Waals surface area (Å²) in [6.45, 7) is 2.00. The molecule has 2 rings (SSSR count). The molecule has 1 atom stereocenters. The highest BCUT2D eigenvalue weighted by Gasteiger charge is 2.15. The Morgan fingerprint density at radius 2 is 2.30 bits per heavy atom. The number of carbonyl (C=O) groups is 1. The number of rotatable bonds is 4. The first-order valence-corrected chi connectivity index (χ1v) is 8.04. The van der Waals surface area contributed by atoms with E-state index in [-0.39, 0.29) is 18.6 Å². The van der Waals surface area contributed by atoms with E-state index in [2.05, 4.69) is 17.2 Å². The molecule has 1 amide bonds. The molecule has 0 aliphatic rings. The molecular weight excluding hydrogens is 290 g/mol. The molecule has 2 heterocycles. The number of hydrogen-bond donors (Lipinski definition) is 2. The third-order valence-corrected chi connectivity index (χ3v) is 4.34. The minimum Gasteiger partial charge on any atom is -0.395 e. The quantitative estimate of drug-likeness (QED) is 0.853. The third-order valence-electron chi connectivity index (χ3n) is 2.72. The number of nitrogens with one attached hydrogen (secondary N) is 1. The van der Waals surface area contributed by atoms with E-state index in [1.165, 1.54) is 11.3 Å². The van der Waals surface area contributed by atoms with Crippen LogP contribution in [0.3, 0.4) is 0 Å². The Hall–Kier alpha value is -1.61. The second-order valence-electron chi connectivity index (χ2n) is 4.19.